The molecule has 0 bridgehead atoms. The second-order valence-electron chi connectivity index (χ2n) is 9.16. The lowest BCUT2D eigenvalue weighted by molar-refractivity contribution is -0.134. The van der Waals surface area contributed by atoms with E-state index in [4.69, 9.17) is 20.2 Å². The molecule has 4 heterocycles. The van der Waals surface area contributed by atoms with Crippen LogP contribution in [0.2, 0.25) is 0 Å². The van der Waals surface area contributed by atoms with Crippen molar-refractivity contribution in [2.45, 2.75) is 48.5 Å². The fourth-order valence-electron chi connectivity index (χ4n) is 4.64. The molecule has 35 heavy (non-hydrogen) atoms. The van der Waals surface area contributed by atoms with Crippen LogP contribution in [0.25, 0.3) is 11.5 Å². The maximum atomic E-state index is 13.2. The summed E-state index contributed by atoms with van der Waals surface area (Å²) in [5, 5.41) is 0.575. The van der Waals surface area contributed by atoms with Crippen LogP contribution < -0.4 is 15.2 Å². The normalized spacial score (nSPS) is 21.6. The van der Waals surface area contributed by atoms with Gasteiger partial charge < -0.3 is 24.7 Å². The fraction of sp³-hybridized carbons (Fsp3) is 0.478. The van der Waals surface area contributed by atoms with E-state index in [1.807, 2.05) is 21.6 Å². The number of nitrogen functional groups attached to an aromatic ring is 1. The first kappa shape index (κ1) is 22.8. The van der Waals surface area contributed by atoms with Gasteiger partial charge in [0, 0.05) is 29.0 Å². The number of nitrogens with zero attached hydrogens (tertiary/aromatic N) is 5. The van der Waals surface area contributed by atoms with Gasteiger partial charge in [-0.1, -0.05) is 0 Å². The molecule has 6 rings (SSSR count). The number of carbonyl (C=O) groups is 1. The topological polar surface area (TPSA) is 108 Å². The molecule has 2 atom stereocenters. The Bertz CT molecular complexity index is 1250. The number of amides is 1. The highest BCUT2D eigenvalue weighted by Gasteiger charge is 2.46. The first-order valence-corrected chi connectivity index (χ1v) is 13.3. The number of carbonyl (C=O) groups excluding carboxylic acids is 1. The molecule has 0 unspecified atom stereocenters. The predicted octanol–water partition coefficient (Wildman–Crippen LogP) is 3.99. The smallest absolute Gasteiger partial charge is 0.231 e. The largest absolute Gasteiger partial charge is 0.454 e. The number of hydrogen-bond donors (Lipinski definition) is 1. The number of halogens is 2. The summed E-state index contributed by atoms with van der Waals surface area (Å²) in [7, 11) is 0. The van der Waals surface area contributed by atoms with Gasteiger partial charge >= 0.3 is 0 Å². The van der Waals surface area contributed by atoms with Crippen LogP contribution in [0.5, 0.6) is 11.5 Å². The zero-order valence-electron chi connectivity index (χ0n) is 18.8. The maximum absolute atomic E-state index is 13.2. The first-order chi connectivity index (χ1) is 17.0. The Hall–Kier alpha value is -2.60. The van der Waals surface area contributed by atoms with Crippen molar-refractivity contribution in [1.29, 1.82) is 0 Å². The molecule has 184 valence electrons. The molecule has 2 N–H and O–H groups in total. The average Bonchev–Trinajstić information content (AvgIpc) is 3.21. The van der Waals surface area contributed by atoms with Crippen molar-refractivity contribution in [1.82, 2.24) is 24.4 Å². The molecule has 12 heteroatoms. The van der Waals surface area contributed by atoms with E-state index in [1.165, 1.54) is 11.8 Å². The molecule has 9 nitrogen and oxygen atoms in total. The number of hydrogen-bond acceptors (Lipinski definition) is 8. The zero-order chi connectivity index (χ0) is 24.1. The van der Waals surface area contributed by atoms with Gasteiger partial charge in [0.2, 0.25) is 12.7 Å². The van der Waals surface area contributed by atoms with E-state index in [-0.39, 0.29) is 12.7 Å². The Morgan fingerprint density at radius 1 is 1.23 bits per heavy atom. The summed E-state index contributed by atoms with van der Waals surface area (Å²) in [6.45, 7) is 2.35. The van der Waals surface area contributed by atoms with Crippen molar-refractivity contribution in [3.63, 3.8) is 0 Å². The molecular formula is C23H24BrFN6O3S. The summed E-state index contributed by atoms with van der Waals surface area (Å²) in [5.41, 5.74) is 6.69. The number of aromatic nitrogens is 4. The van der Waals surface area contributed by atoms with Crippen LogP contribution in [0.4, 0.5) is 10.2 Å². The number of aryl methyl sites for hydroxylation is 1. The number of fused-ring (bicyclic) bond motifs is 2. The van der Waals surface area contributed by atoms with Crippen LogP contribution in [0.15, 0.2) is 33.0 Å². The second-order valence-corrected chi connectivity index (χ2v) is 11.0. The monoisotopic (exact) mass is 562 g/mol. The number of likely N-dealkylation sites (tertiary alicyclic amines) is 1. The van der Waals surface area contributed by atoms with E-state index in [0.717, 1.165) is 35.2 Å². The Balaban J connectivity index is 1.12. The minimum absolute atomic E-state index is 0.0130. The fourth-order valence-corrected chi connectivity index (χ4v) is 5.99. The predicted molar refractivity (Wildman–Crippen MR) is 130 cm³/mol. The van der Waals surface area contributed by atoms with E-state index in [9.17, 15) is 9.18 Å². The van der Waals surface area contributed by atoms with E-state index in [1.54, 1.807) is 6.33 Å². The van der Waals surface area contributed by atoms with Crippen molar-refractivity contribution in [2.24, 2.45) is 11.8 Å². The molecule has 2 fully saturated rings. The Morgan fingerprint density at radius 3 is 2.71 bits per heavy atom. The molecule has 1 aliphatic carbocycles. The molecule has 5 aliphatic rings. The second kappa shape index (κ2) is 9.12. The zero-order valence-corrected chi connectivity index (χ0v) is 21.2. The summed E-state index contributed by atoms with van der Waals surface area (Å²) in [4.78, 5) is 28.7. The maximum Gasteiger partial charge on any atom is 0.231 e. The van der Waals surface area contributed by atoms with Gasteiger partial charge in [-0.15, -0.1) is 0 Å². The number of anilines is 1. The standard InChI is InChI=1S/C23H24BrFN6O3S/c24-14-8-16-17(34-11-33-16)9-18(14)35-23-28-19-20(26)27-10-31(21(19)29-23)6-3-12-1-4-30(5-2-12)22(32)13-7-15(13)25/h8-10,12-13,15H,1-7,11,26H2/t13-,15-/m0/s1. The first-order valence-electron chi connectivity index (χ1n) is 11.6. The number of alkyl halides is 1. The molecule has 0 spiro atoms. The molecule has 1 amide bonds. The highest BCUT2D eigenvalue weighted by atomic mass is 79.9. The van der Waals surface area contributed by atoms with Gasteiger partial charge in [-0.05, 0) is 71.4 Å². The lowest BCUT2D eigenvalue weighted by Crippen LogP contribution is -2.39. The Labute approximate surface area is 214 Å². The number of nitrogens with two attached hydrogens (primary N) is 1. The number of benzene rings is 1. The van der Waals surface area contributed by atoms with Crippen molar-refractivity contribution >= 4 is 39.4 Å². The summed E-state index contributed by atoms with van der Waals surface area (Å²) in [6, 6.07) is 3.78. The van der Waals surface area contributed by atoms with E-state index >= 15 is 0 Å². The van der Waals surface area contributed by atoms with E-state index < -0.39 is 12.1 Å². The lowest BCUT2D eigenvalue weighted by atomic mass is 9.93. The molecule has 0 aromatic heterocycles. The Kier molecular flexibility index (Phi) is 5.95. The average molecular weight is 563 g/mol. The van der Waals surface area contributed by atoms with E-state index in [0.29, 0.717) is 59.4 Å². The van der Waals surface area contributed by atoms with Crippen molar-refractivity contribution < 1.29 is 18.7 Å². The van der Waals surface area contributed by atoms with Crippen LogP contribution in [0, 0.1) is 11.8 Å². The number of imidazole rings is 1. The third-order valence-corrected chi connectivity index (χ3v) is 8.68. The number of piperidine rings is 1. The molecular weight excluding hydrogens is 539 g/mol. The minimum Gasteiger partial charge on any atom is -0.454 e. The number of rotatable bonds is 6. The third kappa shape index (κ3) is 4.53. The molecule has 1 saturated carbocycles. The van der Waals surface area contributed by atoms with E-state index in [2.05, 4.69) is 25.9 Å². The van der Waals surface area contributed by atoms with Gasteiger partial charge in [0.25, 0.3) is 0 Å². The highest BCUT2D eigenvalue weighted by Crippen LogP contribution is 2.43. The van der Waals surface area contributed by atoms with Gasteiger partial charge in [0.05, 0.1) is 12.2 Å². The quantitative estimate of drug-likeness (QED) is 0.480. The molecule has 0 radical (unpaired) electrons. The van der Waals surface area contributed by atoms with Crippen molar-refractivity contribution in [2.75, 3.05) is 25.6 Å². The lowest BCUT2D eigenvalue weighted by Gasteiger charge is -2.32. The summed E-state index contributed by atoms with van der Waals surface area (Å²) in [5.74, 6) is 2.53. The molecule has 1 saturated heterocycles. The van der Waals surface area contributed by atoms with Gasteiger partial charge in [-0.3, -0.25) is 4.79 Å². The van der Waals surface area contributed by atoms with Gasteiger partial charge in [0.1, 0.15) is 6.17 Å². The van der Waals surface area contributed by atoms with Gasteiger partial charge in [-0.25, -0.2) is 19.3 Å². The third-order valence-electron chi connectivity index (χ3n) is 6.83. The summed E-state index contributed by atoms with van der Waals surface area (Å²) in [6.07, 6.45) is 3.95. The SMILES string of the molecule is Nc1ncn(CCC2CCN(C(=O)[C@H]3C[C@@H]3F)CC2)c2nc(Sc3cc4c(cc3Br)OCO4)nc1-2. The molecule has 1 aromatic carbocycles. The Morgan fingerprint density at radius 2 is 1.97 bits per heavy atom. The summed E-state index contributed by atoms with van der Waals surface area (Å²) >= 11 is 4.99. The molecule has 4 aliphatic heterocycles. The highest BCUT2D eigenvalue weighted by molar-refractivity contribution is 9.10. The van der Waals surface area contributed by atoms with Crippen LogP contribution >= 0.6 is 27.7 Å². The van der Waals surface area contributed by atoms with Crippen molar-refractivity contribution in [3.05, 3.63) is 22.9 Å². The number of ether oxygens (including phenoxy) is 2. The van der Waals surface area contributed by atoms with Crippen LogP contribution in [0.1, 0.15) is 25.7 Å². The van der Waals surface area contributed by atoms with Crippen LogP contribution in [0.3, 0.4) is 0 Å². The summed E-state index contributed by atoms with van der Waals surface area (Å²) < 4.78 is 27.0. The van der Waals surface area contributed by atoms with Crippen LogP contribution in [-0.4, -0.2) is 56.4 Å². The van der Waals surface area contributed by atoms with Gasteiger partial charge in [-0.2, -0.15) is 0 Å². The van der Waals surface area contributed by atoms with Gasteiger partial charge in [0.15, 0.2) is 34.0 Å². The van der Waals surface area contributed by atoms with Crippen LogP contribution in [-0.2, 0) is 11.3 Å². The van der Waals surface area contributed by atoms with Crippen molar-refractivity contribution in [3.8, 4) is 23.0 Å². The minimum atomic E-state index is -0.933. The molecule has 1 aromatic rings.